The maximum atomic E-state index is 13.1. The predicted octanol–water partition coefficient (Wildman–Crippen LogP) is 3.91. The number of rotatable bonds is 13. The first-order valence-electron chi connectivity index (χ1n) is 11.3. The second kappa shape index (κ2) is 13.0. The van der Waals surface area contributed by atoms with Crippen LogP contribution in [0, 0.1) is 0 Å². The van der Waals surface area contributed by atoms with Crippen LogP contribution < -0.4 is 0 Å². The molecule has 0 saturated heterocycles. The third kappa shape index (κ3) is 6.17. The highest BCUT2D eigenvalue weighted by molar-refractivity contribution is 5.79. The predicted molar refractivity (Wildman–Crippen MR) is 124 cm³/mol. The molecule has 0 aliphatic carbocycles. The maximum Gasteiger partial charge on any atom is 0.338 e. The molecular weight excluding hydrogens is 406 g/mol. The van der Waals surface area contributed by atoms with Gasteiger partial charge in [0.2, 0.25) is 5.91 Å². The number of aliphatic hydroxyl groups is 1. The van der Waals surface area contributed by atoms with E-state index in [1.54, 1.807) is 53.4 Å². The first kappa shape index (κ1) is 25.6. The van der Waals surface area contributed by atoms with Crippen LogP contribution in [0.5, 0.6) is 0 Å². The molecule has 174 valence electrons. The van der Waals surface area contributed by atoms with Gasteiger partial charge in [-0.05, 0) is 24.0 Å². The molecule has 0 spiro atoms. The Kier molecular flexibility index (Phi) is 10.4. The lowest BCUT2D eigenvalue weighted by Gasteiger charge is -2.38. The van der Waals surface area contributed by atoms with Crippen LogP contribution in [0.25, 0.3) is 0 Å². The van der Waals surface area contributed by atoms with E-state index < -0.39 is 17.7 Å². The summed E-state index contributed by atoms with van der Waals surface area (Å²) < 4.78 is 11.1. The third-order valence-corrected chi connectivity index (χ3v) is 5.55. The molecule has 2 aromatic carbocycles. The van der Waals surface area contributed by atoms with Gasteiger partial charge in [-0.1, -0.05) is 87.4 Å². The molecule has 0 aliphatic heterocycles. The topological polar surface area (TPSA) is 76.1 Å². The normalized spacial score (nSPS) is 12.2. The summed E-state index contributed by atoms with van der Waals surface area (Å²) in [6, 6.07) is 18.0. The Bertz CT molecular complexity index is 777. The van der Waals surface area contributed by atoms with Crippen molar-refractivity contribution in [3.8, 4) is 0 Å². The van der Waals surface area contributed by atoms with Gasteiger partial charge >= 0.3 is 5.97 Å². The average molecular weight is 442 g/mol. The SMILES string of the molecule is CCCCN(CCCC)C(=O)COC(c1ccccc1)(c1ccccc1)C(O)C(=O)OC. The zero-order valence-corrected chi connectivity index (χ0v) is 19.3. The number of benzene rings is 2. The first-order valence-corrected chi connectivity index (χ1v) is 11.3. The van der Waals surface area contributed by atoms with Crippen molar-refractivity contribution in [1.82, 2.24) is 4.90 Å². The number of amides is 1. The highest BCUT2D eigenvalue weighted by Crippen LogP contribution is 2.38. The van der Waals surface area contributed by atoms with Crippen molar-refractivity contribution in [3.63, 3.8) is 0 Å². The van der Waals surface area contributed by atoms with Gasteiger partial charge < -0.3 is 19.5 Å². The smallest absolute Gasteiger partial charge is 0.338 e. The molecule has 0 aromatic heterocycles. The van der Waals surface area contributed by atoms with Gasteiger partial charge in [0.05, 0.1) is 7.11 Å². The number of aliphatic hydroxyl groups excluding tert-OH is 1. The van der Waals surface area contributed by atoms with E-state index in [0.717, 1.165) is 25.7 Å². The number of esters is 1. The standard InChI is InChI=1S/C26H35NO5/c1-4-6-18-27(19-7-5-2)23(28)20-32-26(24(29)25(30)31-3,21-14-10-8-11-15-21)22-16-12-9-13-17-22/h8-17,24,29H,4-7,18-20H2,1-3H3. The van der Waals surface area contributed by atoms with Crippen LogP contribution in [0.2, 0.25) is 0 Å². The minimum absolute atomic E-state index is 0.166. The number of carbonyl (C=O) groups is 2. The highest BCUT2D eigenvalue weighted by atomic mass is 16.6. The Morgan fingerprint density at radius 1 is 0.906 bits per heavy atom. The fourth-order valence-electron chi connectivity index (χ4n) is 3.70. The van der Waals surface area contributed by atoms with Crippen LogP contribution in [-0.4, -0.2) is 54.8 Å². The van der Waals surface area contributed by atoms with Crippen LogP contribution in [0.1, 0.15) is 50.7 Å². The highest BCUT2D eigenvalue weighted by Gasteiger charge is 2.48. The zero-order valence-electron chi connectivity index (χ0n) is 19.3. The van der Waals surface area contributed by atoms with Crippen molar-refractivity contribution in [2.24, 2.45) is 0 Å². The molecule has 2 aromatic rings. The van der Waals surface area contributed by atoms with Gasteiger partial charge in [0.1, 0.15) is 6.61 Å². The van der Waals surface area contributed by atoms with Crippen molar-refractivity contribution in [3.05, 3.63) is 71.8 Å². The van der Waals surface area contributed by atoms with E-state index in [0.29, 0.717) is 24.2 Å². The van der Waals surface area contributed by atoms with Gasteiger partial charge in [-0.2, -0.15) is 0 Å². The molecule has 1 unspecified atom stereocenters. The third-order valence-electron chi connectivity index (χ3n) is 5.55. The number of nitrogens with zero attached hydrogens (tertiary/aromatic N) is 1. The molecule has 1 atom stereocenters. The minimum atomic E-state index is -1.66. The Hall–Kier alpha value is -2.70. The molecule has 1 amide bonds. The summed E-state index contributed by atoms with van der Waals surface area (Å²) in [6.45, 7) is 5.21. The number of hydrogen-bond acceptors (Lipinski definition) is 5. The Morgan fingerprint density at radius 3 is 1.78 bits per heavy atom. The van der Waals surface area contributed by atoms with Gasteiger partial charge in [0, 0.05) is 13.1 Å². The molecule has 0 heterocycles. The van der Waals surface area contributed by atoms with E-state index in [4.69, 9.17) is 9.47 Å². The zero-order chi connectivity index (χ0) is 23.4. The maximum absolute atomic E-state index is 13.1. The molecule has 0 radical (unpaired) electrons. The van der Waals surface area contributed by atoms with Gasteiger partial charge in [-0.3, -0.25) is 4.79 Å². The molecule has 0 fully saturated rings. The van der Waals surface area contributed by atoms with Gasteiger partial charge in [-0.25, -0.2) is 4.79 Å². The number of methoxy groups -OCH3 is 1. The number of hydrogen-bond donors (Lipinski definition) is 1. The molecule has 0 aliphatic rings. The molecular formula is C26H35NO5. The van der Waals surface area contributed by atoms with Crippen LogP contribution in [-0.2, 0) is 24.7 Å². The van der Waals surface area contributed by atoms with E-state index in [-0.39, 0.29) is 12.5 Å². The van der Waals surface area contributed by atoms with E-state index in [2.05, 4.69) is 13.8 Å². The summed E-state index contributed by atoms with van der Waals surface area (Å²) in [5, 5.41) is 11.1. The monoisotopic (exact) mass is 441 g/mol. The summed E-state index contributed by atoms with van der Waals surface area (Å²) in [5.74, 6) is -1.00. The van der Waals surface area contributed by atoms with Crippen molar-refractivity contribution in [1.29, 1.82) is 0 Å². The van der Waals surface area contributed by atoms with Crippen LogP contribution >= 0.6 is 0 Å². The van der Waals surface area contributed by atoms with Gasteiger partial charge in [0.25, 0.3) is 0 Å². The molecule has 0 bridgehead atoms. The molecule has 6 nitrogen and oxygen atoms in total. The van der Waals surface area contributed by atoms with E-state index >= 15 is 0 Å². The molecule has 0 saturated carbocycles. The van der Waals surface area contributed by atoms with Crippen molar-refractivity contribution in [2.75, 3.05) is 26.8 Å². The molecule has 1 N–H and O–H groups in total. The van der Waals surface area contributed by atoms with Crippen LogP contribution in [0.3, 0.4) is 0 Å². The minimum Gasteiger partial charge on any atom is -0.467 e. The quantitative estimate of drug-likeness (QED) is 0.477. The summed E-state index contributed by atoms with van der Waals surface area (Å²) >= 11 is 0. The lowest BCUT2D eigenvalue weighted by molar-refractivity contribution is -0.174. The summed E-state index contributed by atoms with van der Waals surface area (Å²) in [4.78, 5) is 27.5. The lowest BCUT2D eigenvalue weighted by atomic mass is 9.81. The van der Waals surface area contributed by atoms with E-state index in [9.17, 15) is 14.7 Å². The number of unbranched alkanes of at least 4 members (excludes halogenated alkanes) is 2. The fourth-order valence-corrected chi connectivity index (χ4v) is 3.70. The Morgan fingerprint density at radius 2 is 1.38 bits per heavy atom. The lowest BCUT2D eigenvalue weighted by Crippen LogP contribution is -2.50. The molecule has 2 rings (SSSR count). The second-order valence-electron chi connectivity index (χ2n) is 7.77. The molecule has 32 heavy (non-hydrogen) atoms. The number of carbonyl (C=O) groups excluding carboxylic acids is 2. The van der Waals surface area contributed by atoms with E-state index in [1.807, 2.05) is 12.1 Å². The Balaban J connectivity index is 2.46. The van der Waals surface area contributed by atoms with Crippen LogP contribution in [0.4, 0.5) is 0 Å². The van der Waals surface area contributed by atoms with Crippen molar-refractivity contribution >= 4 is 11.9 Å². The van der Waals surface area contributed by atoms with Crippen LogP contribution in [0.15, 0.2) is 60.7 Å². The Labute approximate surface area is 191 Å². The summed E-state index contributed by atoms with van der Waals surface area (Å²) in [7, 11) is 1.22. The molecule has 6 heteroatoms. The summed E-state index contributed by atoms with van der Waals surface area (Å²) in [5.41, 5.74) is -0.469. The first-order chi connectivity index (χ1) is 15.5. The van der Waals surface area contributed by atoms with Crippen molar-refractivity contribution < 1.29 is 24.2 Å². The largest absolute Gasteiger partial charge is 0.467 e. The fraction of sp³-hybridized carbons (Fsp3) is 0.462. The number of ether oxygens (including phenoxy) is 2. The van der Waals surface area contributed by atoms with Crippen molar-refractivity contribution in [2.45, 2.75) is 51.2 Å². The summed E-state index contributed by atoms with van der Waals surface area (Å²) in [6.07, 6.45) is 2.11. The van der Waals surface area contributed by atoms with Gasteiger partial charge in [0.15, 0.2) is 11.7 Å². The van der Waals surface area contributed by atoms with Gasteiger partial charge in [-0.15, -0.1) is 0 Å². The second-order valence-corrected chi connectivity index (χ2v) is 7.77. The van der Waals surface area contributed by atoms with E-state index in [1.165, 1.54) is 7.11 Å². The average Bonchev–Trinajstić information content (AvgIpc) is 2.85.